The van der Waals surface area contributed by atoms with Crippen LogP contribution in [0, 0.1) is 0 Å². The van der Waals surface area contributed by atoms with Gasteiger partial charge in [0.05, 0.1) is 24.4 Å². The minimum Gasteiger partial charge on any atom is -0.466 e. The van der Waals surface area contributed by atoms with Gasteiger partial charge in [-0.2, -0.15) is 4.99 Å². The number of morpholine rings is 1. The number of amidine groups is 1. The van der Waals surface area contributed by atoms with Crippen molar-refractivity contribution in [1.82, 2.24) is 4.90 Å². The summed E-state index contributed by atoms with van der Waals surface area (Å²) in [7, 11) is 0. The van der Waals surface area contributed by atoms with E-state index in [1.54, 1.807) is 0 Å². The molecule has 1 aromatic rings. The maximum absolute atomic E-state index is 12.0. The molecule has 2 heterocycles. The third-order valence-corrected chi connectivity index (χ3v) is 4.33. The Hall–Kier alpha value is -2.05. The SMILES string of the molecule is C=COc1ccc(/C=C2\SC(N3CCOCC3)=NC2=O)cc1. The number of amides is 1. The highest BCUT2D eigenvalue weighted by atomic mass is 32.2. The van der Waals surface area contributed by atoms with E-state index in [-0.39, 0.29) is 5.91 Å². The fourth-order valence-corrected chi connectivity index (χ4v) is 3.14. The van der Waals surface area contributed by atoms with Crippen LogP contribution in [-0.4, -0.2) is 42.3 Å². The standard InChI is InChI=1S/C16H16N2O3S/c1-2-21-13-5-3-12(4-6-13)11-14-15(19)17-16(22-14)18-7-9-20-10-8-18/h2-6,11H,1,7-10H2/b14-11-. The Morgan fingerprint density at radius 1 is 1.27 bits per heavy atom. The van der Waals surface area contributed by atoms with E-state index >= 15 is 0 Å². The summed E-state index contributed by atoms with van der Waals surface area (Å²) in [5.41, 5.74) is 0.936. The molecule has 1 aromatic carbocycles. The topological polar surface area (TPSA) is 51.1 Å². The van der Waals surface area contributed by atoms with Gasteiger partial charge in [0.25, 0.3) is 5.91 Å². The van der Waals surface area contributed by atoms with Crippen molar-refractivity contribution < 1.29 is 14.3 Å². The molecule has 22 heavy (non-hydrogen) atoms. The normalized spacial score (nSPS) is 20.2. The van der Waals surface area contributed by atoms with Crippen molar-refractivity contribution in [2.75, 3.05) is 26.3 Å². The van der Waals surface area contributed by atoms with Crippen LogP contribution in [0.2, 0.25) is 0 Å². The third kappa shape index (κ3) is 3.40. The minimum absolute atomic E-state index is 0.182. The van der Waals surface area contributed by atoms with Crippen LogP contribution in [0.1, 0.15) is 5.56 Å². The molecule has 0 spiro atoms. The summed E-state index contributed by atoms with van der Waals surface area (Å²) >= 11 is 1.42. The number of carbonyl (C=O) groups excluding carboxylic acids is 1. The first kappa shape index (κ1) is 14.9. The Morgan fingerprint density at radius 3 is 2.68 bits per heavy atom. The predicted molar refractivity (Wildman–Crippen MR) is 87.7 cm³/mol. The third-order valence-electron chi connectivity index (χ3n) is 3.29. The molecule has 114 valence electrons. The van der Waals surface area contributed by atoms with Gasteiger partial charge in [0, 0.05) is 13.1 Å². The lowest BCUT2D eigenvalue weighted by molar-refractivity contribution is -0.113. The lowest BCUT2D eigenvalue weighted by atomic mass is 10.2. The van der Waals surface area contributed by atoms with Crippen LogP contribution in [0.25, 0.3) is 6.08 Å². The zero-order valence-corrected chi connectivity index (χ0v) is 12.8. The molecule has 2 aliphatic heterocycles. The van der Waals surface area contributed by atoms with E-state index in [2.05, 4.69) is 16.5 Å². The first-order valence-corrected chi connectivity index (χ1v) is 7.81. The largest absolute Gasteiger partial charge is 0.466 e. The number of hydrogen-bond acceptors (Lipinski definition) is 5. The molecule has 0 aromatic heterocycles. The zero-order chi connectivity index (χ0) is 15.4. The van der Waals surface area contributed by atoms with Crippen molar-refractivity contribution >= 4 is 28.9 Å². The van der Waals surface area contributed by atoms with Gasteiger partial charge in [-0.3, -0.25) is 4.79 Å². The summed E-state index contributed by atoms with van der Waals surface area (Å²) in [4.78, 5) is 18.9. The summed E-state index contributed by atoms with van der Waals surface area (Å²) in [6.45, 7) is 6.43. The highest BCUT2D eigenvalue weighted by Gasteiger charge is 2.26. The van der Waals surface area contributed by atoms with Crippen LogP contribution in [0.3, 0.4) is 0 Å². The Kier molecular flexibility index (Phi) is 4.60. The predicted octanol–water partition coefficient (Wildman–Crippen LogP) is 2.51. The van der Waals surface area contributed by atoms with Crippen molar-refractivity contribution in [3.63, 3.8) is 0 Å². The van der Waals surface area contributed by atoms with E-state index in [0.29, 0.717) is 23.9 Å². The molecule has 0 unspecified atom stereocenters. The summed E-state index contributed by atoms with van der Waals surface area (Å²) in [6.07, 6.45) is 3.23. The smallest absolute Gasteiger partial charge is 0.286 e. The summed E-state index contributed by atoms with van der Waals surface area (Å²) < 4.78 is 10.5. The summed E-state index contributed by atoms with van der Waals surface area (Å²) in [6, 6.07) is 7.46. The van der Waals surface area contributed by atoms with E-state index in [1.807, 2.05) is 30.3 Å². The van der Waals surface area contributed by atoms with Crippen molar-refractivity contribution in [2.24, 2.45) is 4.99 Å². The fraction of sp³-hybridized carbons (Fsp3) is 0.250. The maximum atomic E-state index is 12.0. The number of ether oxygens (including phenoxy) is 2. The Bertz CT molecular complexity index is 631. The highest BCUT2D eigenvalue weighted by molar-refractivity contribution is 8.18. The van der Waals surface area contributed by atoms with Gasteiger partial charge < -0.3 is 14.4 Å². The molecular formula is C16H16N2O3S. The fourth-order valence-electron chi connectivity index (χ4n) is 2.18. The van der Waals surface area contributed by atoms with Gasteiger partial charge in [0.2, 0.25) is 0 Å². The van der Waals surface area contributed by atoms with Crippen molar-refractivity contribution in [1.29, 1.82) is 0 Å². The molecule has 3 rings (SSSR count). The molecule has 0 saturated carbocycles. The Balaban J connectivity index is 1.70. The van der Waals surface area contributed by atoms with Crippen LogP contribution < -0.4 is 4.74 Å². The monoisotopic (exact) mass is 316 g/mol. The number of rotatable bonds is 3. The maximum Gasteiger partial charge on any atom is 0.286 e. The van der Waals surface area contributed by atoms with Crippen LogP contribution >= 0.6 is 11.8 Å². The van der Waals surface area contributed by atoms with Crippen molar-refractivity contribution in [2.45, 2.75) is 0 Å². The van der Waals surface area contributed by atoms with Gasteiger partial charge in [-0.1, -0.05) is 18.7 Å². The number of hydrogen-bond donors (Lipinski definition) is 0. The van der Waals surface area contributed by atoms with E-state index in [9.17, 15) is 4.79 Å². The van der Waals surface area contributed by atoms with E-state index in [0.717, 1.165) is 23.8 Å². The minimum atomic E-state index is -0.182. The number of aliphatic imine (C=N–C) groups is 1. The van der Waals surface area contributed by atoms with E-state index in [1.165, 1.54) is 18.0 Å². The Labute approximate surface area is 133 Å². The highest BCUT2D eigenvalue weighted by Crippen LogP contribution is 2.30. The van der Waals surface area contributed by atoms with Gasteiger partial charge in [0.1, 0.15) is 5.75 Å². The van der Waals surface area contributed by atoms with Gasteiger partial charge in [-0.05, 0) is 35.5 Å². The number of carbonyl (C=O) groups is 1. The number of thioether (sulfide) groups is 1. The molecule has 6 heteroatoms. The molecule has 1 saturated heterocycles. The molecule has 0 radical (unpaired) electrons. The molecule has 2 aliphatic rings. The van der Waals surface area contributed by atoms with Gasteiger partial charge in [-0.15, -0.1) is 0 Å². The zero-order valence-electron chi connectivity index (χ0n) is 12.0. The lowest BCUT2D eigenvalue weighted by Gasteiger charge is -2.27. The first-order valence-electron chi connectivity index (χ1n) is 6.99. The lowest BCUT2D eigenvalue weighted by Crippen LogP contribution is -2.38. The van der Waals surface area contributed by atoms with Crippen LogP contribution in [-0.2, 0) is 9.53 Å². The second-order valence-electron chi connectivity index (χ2n) is 4.76. The van der Waals surface area contributed by atoms with Crippen molar-refractivity contribution in [3.8, 4) is 5.75 Å². The molecular weight excluding hydrogens is 300 g/mol. The van der Waals surface area contributed by atoms with E-state index in [4.69, 9.17) is 9.47 Å². The summed E-state index contributed by atoms with van der Waals surface area (Å²) in [5, 5.41) is 0.770. The van der Waals surface area contributed by atoms with Crippen LogP contribution in [0.15, 0.2) is 47.0 Å². The molecule has 5 nitrogen and oxygen atoms in total. The molecule has 0 atom stereocenters. The van der Waals surface area contributed by atoms with Crippen molar-refractivity contribution in [3.05, 3.63) is 47.6 Å². The average Bonchev–Trinajstić information content (AvgIpc) is 2.91. The second-order valence-corrected chi connectivity index (χ2v) is 5.77. The van der Waals surface area contributed by atoms with Gasteiger partial charge in [0.15, 0.2) is 5.17 Å². The van der Waals surface area contributed by atoms with Gasteiger partial charge in [-0.25, -0.2) is 0 Å². The average molecular weight is 316 g/mol. The first-order chi connectivity index (χ1) is 10.8. The second kappa shape index (κ2) is 6.81. The Morgan fingerprint density at radius 2 is 2.00 bits per heavy atom. The molecule has 0 bridgehead atoms. The molecule has 1 fully saturated rings. The molecule has 0 N–H and O–H groups in total. The number of nitrogens with zero attached hydrogens (tertiary/aromatic N) is 2. The van der Waals surface area contributed by atoms with Gasteiger partial charge >= 0.3 is 0 Å². The van der Waals surface area contributed by atoms with E-state index < -0.39 is 0 Å². The molecule has 0 aliphatic carbocycles. The van der Waals surface area contributed by atoms with Crippen LogP contribution in [0.4, 0.5) is 0 Å². The quantitative estimate of drug-likeness (QED) is 0.633. The summed E-state index contributed by atoms with van der Waals surface area (Å²) in [5.74, 6) is 0.533. The number of benzene rings is 1. The van der Waals surface area contributed by atoms with Crippen LogP contribution in [0.5, 0.6) is 5.75 Å². The molecule has 1 amide bonds.